The molecule has 0 unspecified atom stereocenters. The highest BCUT2D eigenvalue weighted by Crippen LogP contribution is 2.32. The summed E-state index contributed by atoms with van der Waals surface area (Å²) in [4.78, 5) is 0. The molecule has 3 nitrogen and oxygen atoms in total. The summed E-state index contributed by atoms with van der Waals surface area (Å²) in [5.74, 6) is 1.52. The zero-order valence-corrected chi connectivity index (χ0v) is 16.5. The van der Waals surface area contributed by atoms with Gasteiger partial charge in [0.15, 0.2) is 11.5 Å². The van der Waals surface area contributed by atoms with Crippen LogP contribution in [0.3, 0.4) is 0 Å². The highest BCUT2D eigenvalue weighted by molar-refractivity contribution is 9.10. The van der Waals surface area contributed by atoms with Gasteiger partial charge in [-0.1, -0.05) is 57.9 Å². The number of nitrogens with one attached hydrogen (secondary N) is 1. The van der Waals surface area contributed by atoms with Crippen molar-refractivity contribution in [3.05, 3.63) is 87.9 Å². The fraction of sp³-hybridized carbons (Fsp3) is 0.182. The lowest BCUT2D eigenvalue weighted by molar-refractivity contribution is 0.281. The van der Waals surface area contributed by atoms with Gasteiger partial charge in [-0.25, -0.2) is 0 Å². The quantitative estimate of drug-likeness (QED) is 0.520. The highest BCUT2D eigenvalue weighted by Gasteiger charge is 2.11. The Morgan fingerprint density at radius 2 is 1.73 bits per heavy atom. The molecule has 0 atom stereocenters. The first kappa shape index (κ1) is 18.3. The van der Waals surface area contributed by atoms with Crippen LogP contribution >= 0.6 is 15.9 Å². The number of para-hydroxylation sites is 1. The van der Waals surface area contributed by atoms with Gasteiger partial charge in [0.1, 0.15) is 6.61 Å². The first-order valence-corrected chi connectivity index (χ1v) is 9.28. The van der Waals surface area contributed by atoms with Gasteiger partial charge in [-0.2, -0.15) is 0 Å². The lowest BCUT2D eigenvalue weighted by Crippen LogP contribution is -2.05. The Kier molecular flexibility index (Phi) is 6.18. The fourth-order valence-electron chi connectivity index (χ4n) is 2.75. The number of ether oxygens (including phenoxy) is 2. The zero-order valence-electron chi connectivity index (χ0n) is 15.0. The van der Waals surface area contributed by atoms with Gasteiger partial charge in [0, 0.05) is 22.3 Å². The third-order valence-corrected chi connectivity index (χ3v) is 4.60. The minimum atomic E-state index is 0.507. The van der Waals surface area contributed by atoms with Crippen molar-refractivity contribution < 1.29 is 9.47 Å². The Bertz CT molecular complexity index is 862. The van der Waals surface area contributed by atoms with Gasteiger partial charge in [0.05, 0.1) is 7.11 Å². The second-order valence-corrected chi connectivity index (χ2v) is 7.00. The van der Waals surface area contributed by atoms with Crippen molar-refractivity contribution in [2.75, 3.05) is 12.4 Å². The number of benzene rings is 3. The molecule has 0 aliphatic heterocycles. The van der Waals surface area contributed by atoms with Crippen LogP contribution in [0.25, 0.3) is 0 Å². The van der Waals surface area contributed by atoms with E-state index in [4.69, 9.17) is 9.47 Å². The fourth-order valence-corrected chi connectivity index (χ4v) is 3.01. The van der Waals surface area contributed by atoms with Crippen molar-refractivity contribution in [3.63, 3.8) is 0 Å². The summed E-state index contributed by atoms with van der Waals surface area (Å²) in [5.41, 5.74) is 4.48. The molecule has 4 heteroatoms. The van der Waals surface area contributed by atoms with Gasteiger partial charge >= 0.3 is 0 Å². The van der Waals surface area contributed by atoms with Crippen LogP contribution in [0.15, 0.2) is 71.2 Å². The van der Waals surface area contributed by atoms with Crippen molar-refractivity contribution in [3.8, 4) is 11.5 Å². The van der Waals surface area contributed by atoms with Crippen LogP contribution in [0.5, 0.6) is 11.5 Å². The molecule has 0 saturated carbocycles. The van der Waals surface area contributed by atoms with E-state index in [1.807, 2.05) is 42.5 Å². The van der Waals surface area contributed by atoms with Crippen LogP contribution in [0.1, 0.15) is 16.7 Å². The lowest BCUT2D eigenvalue weighted by atomic mass is 10.1. The van der Waals surface area contributed by atoms with E-state index in [9.17, 15) is 0 Å². The van der Waals surface area contributed by atoms with Gasteiger partial charge in [0.2, 0.25) is 0 Å². The number of halogens is 1. The van der Waals surface area contributed by atoms with Crippen molar-refractivity contribution >= 4 is 21.6 Å². The Morgan fingerprint density at radius 1 is 0.962 bits per heavy atom. The smallest absolute Gasteiger partial charge is 0.166 e. The zero-order chi connectivity index (χ0) is 18.4. The first-order valence-electron chi connectivity index (χ1n) is 8.49. The highest BCUT2D eigenvalue weighted by atomic mass is 79.9. The largest absolute Gasteiger partial charge is 0.493 e. The molecular weight excluding hydrogens is 390 g/mol. The summed E-state index contributed by atoms with van der Waals surface area (Å²) in [6.07, 6.45) is 0. The third kappa shape index (κ3) is 4.79. The summed E-state index contributed by atoms with van der Waals surface area (Å²) in [6.45, 7) is 3.25. The Labute approximate surface area is 163 Å². The summed E-state index contributed by atoms with van der Waals surface area (Å²) in [5, 5.41) is 3.43. The molecule has 0 heterocycles. The first-order chi connectivity index (χ1) is 12.7. The third-order valence-electron chi connectivity index (χ3n) is 4.07. The predicted molar refractivity (Wildman–Crippen MR) is 110 cm³/mol. The maximum atomic E-state index is 6.14. The van der Waals surface area contributed by atoms with Gasteiger partial charge < -0.3 is 14.8 Å². The molecule has 0 aliphatic carbocycles. The molecule has 0 spiro atoms. The van der Waals surface area contributed by atoms with Crippen LogP contribution in [-0.2, 0) is 13.2 Å². The average molecular weight is 412 g/mol. The molecule has 0 aromatic heterocycles. The second-order valence-electron chi connectivity index (χ2n) is 6.09. The standard InChI is InChI=1S/C22H22BrNO2/c1-16-5-3-6-17(13-16)15-26-22-18(7-4-8-21(22)25-2)14-24-20-11-9-19(23)10-12-20/h3-13,24H,14-15H2,1-2H3. The van der Waals surface area contributed by atoms with Gasteiger partial charge in [-0.15, -0.1) is 0 Å². The van der Waals surface area contributed by atoms with E-state index in [0.717, 1.165) is 32.8 Å². The van der Waals surface area contributed by atoms with E-state index in [2.05, 4.69) is 52.4 Å². The molecule has 0 saturated heterocycles. The molecule has 26 heavy (non-hydrogen) atoms. The molecule has 3 rings (SSSR count). The Morgan fingerprint density at radius 3 is 2.46 bits per heavy atom. The number of hydrogen-bond acceptors (Lipinski definition) is 3. The van der Waals surface area contributed by atoms with E-state index in [1.54, 1.807) is 7.11 Å². The van der Waals surface area contributed by atoms with Crippen LogP contribution < -0.4 is 14.8 Å². The maximum Gasteiger partial charge on any atom is 0.166 e. The number of methoxy groups -OCH3 is 1. The lowest BCUT2D eigenvalue weighted by Gasteiger charge is -2.16. The topological polar surface area (TPSA) is 30.5 Å². The molecule has 0 fully saturated rings. The molecule has 0 aliphatic rings. The van der Waals surface area contributed by atoms with E-state index >= 15 is 0 Å². The van der Waals surface area contributed by atoms with E-state index in [0.29, 0.717) is 13.2 Å². The van der Waals surface area contributed by atoms with E-state index in [1.165, 1.54) is 5.56 Å². The maximum absolute atomic E-state index is 6.14. The number of rotatable bonds is 7. The average Bonchev–Trinajstić information content (AvgIpc) is 2.66. The monoisotopic (exact) mass is 411 g/mol. The number of anilines is 1. The Balaban J connectivity index is 1.75. The SMILES string of the molecule is COc1cccc(CNc2ccc(Br)cc2)c1OCc1cccc(C)c1. The second kappa shape index (κ2) is 8.77. The van der Waals surface area contributed by atoms with Crippen LogP contribution in [0.4, 0.5) is 5.69 Å². The minimum absolute atomic E-state index is 0.507. The summed E-state index contributed by atoms with van der Waals surface area (Å²) in [7, 11) is 1.67. The molecule has 0 amide bonds. The molecular formula is C22H22BrNO2. The van der Waals surface area contributed by atoms with E-state index in [-0.39, 0.29) is 0 Å². The molecule has 134 valence electrons. The van der Waals surface area contributed by atoms with Gasteiger partial charge in [-0.05, 0) is 42.8 Å². The predicted octanol–water partition coefficient (Wildman–Crippen LogP) is 5.96. The van der Waals surface area contributed by atoms with Gasteiger partial charge in [-0.3, -0.25) is 0 Å². The van der Waals surface area contributed by atoms with Crippen LogP contribution in [0, 0.1) is 6.92 Å². The molecule has 0 bridgehead atoms. The number of aryl methyl sites for hydroxylation is 1. The Hall–Kier alpha value is -2.46. The van der Waals surface area contributed by atoms with Crippen molar-refractivity contribution in [1.29, 1.82) is 0 Å². The van der Waals surface area contributed by atoms with Crippen molar-refractivity contribution in [1.82, 2.24) is 0 Å². The van der Waals surface area contributed by atoms with E-state index < -0.39 is 0 Å². The van der Waals surface area contributed by atoms with Crippen LogP contribution in [-0.4, -0.2) is 7.11 Å². The molecule has 1 N–H and O–H groups in total. The van der Waals surface area contributed by atoms with Crippen LogP contribution in [0.2, 0.25) is 0 Å². The summed E-state index contributed by atoms with van der Waals surface area (Å²) >= 11 is 3.46. The summed E-state index contributed by atoms with van der Waals surface area (Å²) < 4.78 is 12.7. The van der Waals surface area contributed by atoms with Crippen molar-refractivity contribution in [2.24, 2.45) is 0 Å². The molecule has 0 radical (unpaired) electrons. The summed E-state index contributed by atoms with van der Waals surface area (Å²) in [6, 6.07) is 22.4. The molecule has 3 aromatic rings. The molecule has 3 aromatic carbocycles. The normalized spacial score (nSPS) is 10.4. The number of hydrogen-bond donors (Lipinski definition) is 1. The van der Waals surface area contributed by atoms with Crippen molar-refractivity contribution in [2.45, 2.75) is 20.1 Å². The minimum Gasteiger partial charge on any atom is -0.493 e. The van der Waals surface area contributed by atoms with Gasteiger partial charge in [0.25, 0.3) is 0 Å².